The Balaban J connectivity index is 0.000000134. The zero-order valence-corrected chi connectivity index (χ0v) is 63.2. The third-order valence-corrected chi connectivity index (χ3v) is 20.1. The molecule has 0 spiro atoms. The minimum absolute atomic E-state index is 0. The van der Waals surface area contributed by atoms with E-state index < -0.39 is 41.5 Å². The molecular formula is C86H75F3N14O9S3. The zero-order valence-electron chi connectivity index (χ0n) is 60.8. The Morgan fingerprint density at radius 3 is 1.22 bits per heavy atom. The number of halogens is 3. The van der Waals surface area contributed by atoms with Crippen molar-refractivity contribution in [1.82, 2.24) is 34.9 Å². The van der Waals surface area contributed by atoms with Gasteiger partial charge in [0.1, 0.15) is 0 Å². The summed E-state index contributed by atoms with van der Waals surface area (Å²) >= 11 is 0. The highest BCUT2D eigenvalue weighted by Crippen LogP contribution is 2.35. The molecular weight excluding hydrogens is 1530 g/mol. The summed E-state index contributed by atoms with van der Waals surface area (Å²) in [7, 11) is -9.42. The van der Waals surface area contributed by atoms with Gasteiger partial charge in [-0.3, -0.25) is 14.4 Å². The third kappa shape index (κ3) is 21.9. The number of oxazole rings is 4. The molecule has 29 heteroatoms. The molecule has 0 radical (unpaired) electrons. The number of hydrogen-bond donors (Lipinski definition) is 9. The van der Waals surface area contributed by atoms with Crippen LogP contribution in [0.25, 0.3) is 78.1 Å². The summed E-state index contributed by atoms with van der Waals surface area (Å²) in [5.41, 5.74) is 11.5. The first-order valence-corrected chi connectivity index (χ1v) is 40.6. The lowest BCUT2D eigenvalue weighted by Gasteiger charge is -2.10. The smallest absolute Gasteiger partial charge is 0.416 e. The number of alkyl halides is 3. The second-order valence-electron chi connectivity index (χ2n) is 26.1. The molecule has 23 nitrogen and oxygen atoms in total. The van der Waals surface area contributed by atoms with Gasteiger partial charge in [0.25, 0.3) is 24.1 Å². The predicted octanol–water partition coefficient (Wildman–Crippen LogP) is 21.4. The van der Waals surface area contributed by atoms with Gasteiger partial charge in [-0.05, 0) is 150 Å². The van der Waals surface area contributed by atoms with Crippen LogP contribution in [0.4, 0.5) is 77.0 Å². The molecule has 17 aromatic rings. The lowest BCUT2D eigenvalue weighted by molar-refractivity contribution is -0.137. The van der Waals surface area contributed by atoms with E-state index in [1.54, 1.807) is 91.7 Å². The van der Waals surface area contributed by atoms with Gasteiger partial charge in [0, 0.05) is 95.1 Å². The Kier molecular flexibility index (Phi) is 24.1. The molecule has 0 saturated heterocycles. The molecule has 10 aromatic carbocycles. The summed E-state index contributed by atoms with van der Waals surface area (Å²) < 4.78 is 131. The van der Waals surface area contributed by atoms with Crippen LogP contribution in [-0.4, -0.2) is 68.1 Å². The van der Waals surface area contributed by atoms with Crippen LogP contribution in [0.5, 0.6) is 0 Å². The molecule has 0 amide bonds. The minimum atomic E-state index is -4.35. The average molecular weight is 1600 g/mol. The molecule has 115 heavy (non-hydrogen) atoms. The van der Waals surface area contributed by atoms with Crippen LogP contribution in [0.15, 0.2) is 322 Å². The molecule has 0 saturated carbocycles. The molecule has 1 unspecified atom stereocenters. The van der Waals surface area contributed by atoms with E-state index in [-0.39, 0.29) is 24.9 Å². The largest absolute Gasteiger partial charge is 0.423 e. The van der Waals surface area contributed by atoms with E-state index in [1.807, 2.05) is 195 Å². The molecule has 582 valence electrons. The number of H-pyrrole nitrogens is 2. The Hall–Kier alpha value is -14.2. The molecule has 7 heterocycles. The molecule has 0 fully saturated rings. The van der Waals surface area contributed by atoms with Crippen LogP contribution in [-0.2, 0) is 47.4 Å². The van der Waals surface area contributed by atoms with Crippen molar-refractivity contribution in [3.63, 3.8) is 0 Å². The fourth-order valence-electron chi connectivity index (χ4n) is 11.8. The predicted molar refractivity (Wildman–Crippen MR) is 452 cm³/mol. The van der Waals surface area contributed by atoms with Crippen LogP contribution >= 0.6 is 0 Å². The lowest BCUT2D eigenvalue weighted by Crippen LogP contribution is -2.15. The number of nitrogens with zero attached hydrogens (tertiary/aromatic N) is 5. The second-order valence-corrected chi connectivity index (χ2v) is 31.7. The number of nitrogens with one attached hydrogen (secondary N) is 9. The zero-order chi connectivity index (χ0) is 79.2. The van der Waals surface area contributed by atoms with Gasteiger partial charge in [-0.25, -0.2) is 41.0 Å². The number of fused-ring (bicyclic) bond motifs is 3. The summed E-state index contributed by atoms with van der Waals surface area (Å²) in [6, 6.07) is 81.0. The van der Waals surface area contributed by atoms with Crippen LogP contribution in [0.1, 0.15) is 29.7 Å². The van der Waals surface area contributed by atoms with E-state index in [1.165, 1.54) is 18.3 Å². The third-order valence-electron chi connectivity index (χ3n) is 16.9. The van der Waals surface area contributed by atoms with Crippen molar-refractivity contribution in [2.75, 3.05) is 41.7 Å². The van der Waals surface area contributed by atoms with E-state index in [0.29, 0.717) is 75.1 Å². The van der Waals surface area contributed by atoms with Crippen molar-refractivity contribution >= 4 is 132 Å². The van der Waals surface area contributed by atoms with Crippen LogP contribution < -0.4 is 35.4 Å². The van der Waals surface area contributed by atoms with Crippen LogP contribution in [0.3, 0.4) is 0 Å². The van der Waals surface area contributed by atoms with Gasteiger partial charge in [-0.2, -0.15) is 13.2 Å². The maximum absolute atomic E-state index is 12.6. The number of hydrogen-bond acceptors (Lipinski definition) is 18. The standard InChI is InChI=1S/C25H20N4O3S.C24H20N4O3S.C19H18N4O2S.C17H13F3N2O.CH4/c30-33(31,17-18-5-2-1-3-6-18)29-23-8-4-7-22(14-23)28-25-27-16-24(32-25)20-9-10-21-15-26-12-11-19(21)13-20;29-32(30,16-17-7-2-1-3-8-17)28-20-11-6-10-19(14-20)26-24-25-15-23(31-24)22-13-18-9-4-5-12-21(18)27-22;1-26(2,24)23-15-8-5-7-14(11-15)21-19-20-12-18(25-19)17-10-13-6-3-4-9-16(13)22-17;1-11-3-2-4-14(9-11)22-16-21-10-15(23-16)12-5-7-13(8-6-12)17(18,19)20;/h1-16,29H,17H2,(H,27,28);1-15,27-28H,16H2,(H,25,26);3-12,22H,1H2,2H3,(H,20,21)(H,23,24);2-10H,1H3,(H,21,22);1H4. The fourth-order valence-corrected chi connectivity index (χ4v) is 14.8. The first-order chi connectivity index (χ1) is 55.0. The van der Waals surface area contributed by atoms with E-state index in [2.05, 4.69) is 76.2 Å². The SMILES string of the molecule is C.C=S(C)(=O)Nc1cccc(Nc2ncc(-c3cc4ccccc4[nH]3)o2)c1.Cc1cccc(Nc2ncc(-c3ccc(C(F)(F)F)cc3)o2)c1.O=S(=O)(Cc1ccccc1)Nc1cccc(Nc2ncc(-c3cc4ccccc4[nH]3)o2)c1.O=S(=O)(Cc1ccccc1)Nc1cccc(Nc2ncc(-c3ccc4cnccc4c3)o2)c1. The number of rotatable bonds is 22. The summed E-state index contributed by atoms with van der Waals surface area (Å²) in [6.45, 7) is 1.97. The number of pyridine rings is 1. The number of aryl methyl sites for hydroxylation is 1. The van der Waals surface area contributed by atoms with Gasteiger partial charge in [0.15, 0.2) is 23.0 Å². The number of aromatic amines is 2. The van der Waals surface area contributed by atoms with Crippen LogP contribution in [0.2, 0.25) is 0 Å². The quantitative estimate of drug-likeness (QED) is 0.0285. The Bertz CT molecular complexity index is 6470. The van der Waals surface area contributed by atoms with Gasteiger partial charge in [-0.1, -0.05) is 159 Å². The number of aromatic nitrogens is 7. The van der Waals surface area contributed by atoms with Crippen molar-refractivity contribution in [2.45, 2.75) is 32.0 Å². The second kappa shape index (κ2) is 35.0. The Labute approximate surface area is 660 Å². The molecule has 9 N–H and O–H groups in total. The van der Waals surface area contributed by atoms with Crippen molar-refractivity contribution in [3.8, 4) is 45.6 Å². The van der Waals surface area contributed by atoms with Gasteiger partial charge in [0.2, 0.25) is 20.0 Å². The maximum Gasteiger partial charge on any atom is 0.416 e. The van der Waals surface area contributed by atoms with Gasteiger partial charge >= 0.3 is 6.18 Å². The molecule has 0 bridgehead atoms. The van der Waals surface area contributed by atoms with Crippen molar-refractivity contribution in [1.29, 1.82) is 0 Å². The highest BCUT2D eigenvalue weighted by molar-refractivity contribution is 8.00. The number of benzene rings is 10. The van der Waals surface area contributed by atoms with E-state index in [9.17, 15) is 34.2 Å². The highest BCUT2D eigenvalue weighted by Gasteiger charge is 2.30. The minimum Gasteiger partial charge on any atom is -0.423 e. The summed E-state index contributed by atoms with van der Waals surface area (Å²) in [5.74, 6) is 5.66. The maximum atomic E-state index is 12.6. The number of anilines is 11. The van der Waals surface area contributed by atoms with Crippen molar-refractivity contribution < 1.29 is 51.9 Å². The molecule has 0 aliphatic heterocycles. The molecule has 0 aliphatic rings. The molecule has 1 atom stereocenters. The van der Waals surface area contributed by atoms with E-state index in [4.69, 9.17) is 17.7 Å². The summed E-state index contributed by atoms with van der Waals surface area (Å²) in [5, 5.41) is 16.6. The lowest BCUT2D eigenvalue weighted by atomic mass is 10.1. The molecule has 0 aliphatic carbocycles. The fraction of sp³-hybridized carbons (Fsp3) is 0.0698. The van der Waals surface area contributed by atoms with Crippen LogP contribution in [0, 0.1) is 6.92 Å². The van der Waals surface area contributed by atoms with E-state index in [0.717, 1.165) is 89.7 Å². The van der Waals surface area contributed by atoms with Gasteiger partial charge in [0.05, 0.1) is 64.6 Å². The Morgan fingerprint density at radius 2 is 0.774 bits per heavy atom. The normalized spacial score (nSPS) is 11.8. The first kappa shape index (κ1) is 78.9. The first-order valence-electron chi connectivity index (χ1n) is 35.1. The molecule has 17 rings (SSSR count). The van der Waals surface area contributed by atoms with Crippen molar-refractivity contribution in [3.05, 3.63) is 326 Å². The highest BCUT2D eigenvalue weighted by atomic mass is 32.2. The van der Waals surface area contributed by atoms with Gasteiger partial charge < -0.3 is 53.6 Å². The number of para-hydroxylation sites is 2. The average Bonchev–Trinajstić information content (AvgIpc) is 1.74. The topological polar surface area (TPSA) is 318 Å². The van der Waals surface area contributed by atoms with Gasteiger partial charge in [-0.15, -0.1) is 0 Å². The Morgan fingerprint density at radius 1 is 0.383 bits per heavy atom. The number of sulfonamides is 2. The summed E-state index contributed by atoms with van der Waals surface area (Å²) in [4.78, 5) is 27.7. The molecule has 7 aromatic heterocycles. The van der Waals surface area contributed by atoms with Crippen molar-refractivity contribution in [2.24, 2.45) is 0 Å². The van der Waals surface area contributed by atoms with E-state index >= 15 is 0 Å². The summed E-state index contributed by atoms with van der Waals surface area (Å²) in [6.07, 6.45) is 7.20. The monoisotopic (exact) mass is 1600 g/mol.